The molecule has 1 amide bonds. The van der Waals surface area contributed by atoms with E-state index in [0.717, 1.165) is 15.9 Å². The monoisotopic (exact) mass is 496 g/mol. The molecular formula is C19H15BrCl2N4OS. The fraction of sp³-hybridized carbons (Fsp3) is 0.105. The zero-order valence-electron chi connectivity index (χ0n) is 14.5. The van der Waals surface area contributed by atoms with E-state index in [4.69, 9.17) is 23.2 Å². The van der Waals surface area contributed by atoms with Crippen LogP contribution in [0.1, 0.15) is 0 Å². The third-order valence-electron chi connectivity index (χ3n) is 3.54. The molecule has 0 bridgehead atoms. The molecule has 0 aliphatic rings. The van der Waals surface area contributed by atoms with E-state index >= 15 is 0 Å². The molecule has 0 unspecified atom stereocenters. The van der Waals surface area contributed by atoms with Crippen molar-refractivity contribution in [2.75, 3.05) is 11.1 Å². The summed E-state index contributed by atoms with van der Waals surface area (Å²) in [5, 5.41) is 8.66. The van der Waals surface area contributed by atoms with Crippen LogP contribution in [0.4, 0.5) is 5.69 Å². The number of thioether (sulfide) groups is 1. The average Bonchev–Trinajstić information content (AvgIpc) is 3.03. The zero-order valence-corrected chi connectivity index (χ0v) is 18.4. The minimum atomic E-state index is -0.200. The van der Waals surface area contributed by atoms with E-state index in [9.17, 15) is 4.79 Å². The smallest absolute Gasteiger partial charge is 0.234 e. The van der Waals surface area contributed by atoms with Crippen LogP contribution in [0, 0.1) is 0 Å². The van der Waals surface area contributed by atoms with Crippen molar-refractivity contribution in [1.29, 1.82) is 0 Å². The quantitative estimate of drug-likeness (QED) is 0.324. The number of benzene rings is 2. The summed E-state index contributed by atoms with van der Waals surface area (Å²) >= 11 is 16.6. The van der Waals surface area contributed by atoms with Crippen LogP contribution in [0.15, 0.2) is 64.7 Å². The van der Waals surface area contributed by atoms with Gasteiger partial charge in [-0.25, -0.2) is 9.67 Å². The number of rotatable bonds is 7. The maximum Gasteiger partial charge on any atom is 0.234 e. The Balaban J connectivity index is 1.70. The van der Waals surface area contributed by atoms with Gasteiger partial charge >= 0.3 is 0 Å². The number of carbonyl (C=O) groups is 1. The Morgan fingerprint density at radius 3 is 2.54 bits per heavy atom. The van der Waals surface area contributed by atoms with Crippen LogP contribution in [0.25, 0.3) is 11.4 Å². The van der Waals surface area contributed by atoms with E-state index in [1.165, 1.54) is 11.8 Å². The number of aromatic nitrogens is 3. The lowest BCUT2D eigenvalue weighted by Crippen LogP contribution is -2.14. The van der Waals surface area contributed by atoms with E-state index < -0.39 is 0 Å². The molecule has 0 saturated heterocycles. The zero-order chi connectivity index (χ0) is 20.1. The first-order chi connectivity index (χ1) is 13.4. The number of carbonyl (C=O) groups excluding carboxylic acids is 1. The second-order valence-electron chi connectivity index (χ2n) is 5.69. The standard InChI is InChI=1S/C19H15BrCl2N4OS/c1-2-7-26-18(12-3-5-13(20)6-4-12)24-19(25-26)28-11-17(27)23-16-9-14(21)8-15(22)10-16/h2-6,8-10H,1,7,11H2,(H,23,27). The van der Waals surface area contributed by atoms with Crippen LogP contribution in [0.3, 0.4) is 0 Å². The fourth-order valence-electron chi connectivity index (χ4n) is 2.40. The van der Waals surface area contributed by atoms with E-state index in [1.54, 1.807) is 29.0 Å². The van der Waals surface area contributed by atoms with E-state index in [2.05, 4.69) is 37.9 Å². The van der Waals surface area contributed by atoms with Gasteiger partial charge in [0, 0.05) is 25.8 Å². The summed E-state index contributed by atoms with van der Waals surface area (Å²) in [4.78, 5) is 16.8. The highest BCUT2D eigenvalue weighted by molar-refractivity contribution is 9.10. The van der Waals surface area contributed by atoms with Crippen molar-refractivity contribution in [1.82, 2.24) is 14.8 Å². The van der Waals surface area contributed by atoms with Gasteiger partial charge in [0.2, 0.25) is 11.1 Å². The van der Waals surface area contributed by atoms with Gasteiger partial charge in [0.25, 0.3) is 0 Å². The summed E-state index contributed by atoms with van der Waals surface area (Å²) in [5.74, 6) is 0.674. The Hall–Kier alpha value is -1.80. The van der Waals surface area contributed by atoms with Crippen LogP contribution in [0.5, 0.6) is 0 Å². The van der Waals surface area contributed by atoms with Crippen molar-refractivity contribution in [2.24, 2.45) is 0 Å². The SMILES string of the molecule is C=CCn1nc(SCC(=O)Nc2cc(Cl)cc(Cl)c2)nc1-c1ccc(Br)cc1. The van der Waals surface area contributed by atoms with Crippen molar-refractivity contribution in [3.63, 3.8) is 0 Å². The largest absolute Gasteiger partial charge is 0.325 e. The van der Waals surface area contributed by atoms with Crippen LogP contribution < -0.4 is 5.32 Å². The molecular weight excluding hydrogens is 483 g/mol. The number of anilines is 1. The second-order valence-corrected chi connectivity index (χ2v) is 8.42. The number of nitrogens with zero attached hydrogens (tertiary/aromatic N) is 3. The maximum atomic E-state index is 12.2. The molecule has 0 aliphatic carbocycles. The van der Waals surface area contributed by atoms with Crippen LogP contribution >= 0.6 is 50.9 Å². The van der Waals surface area contributed by atoms with Gasteiger partial charge in [-0.05, 0) is 30.3 Å². The first-order valence-electron chi connectivity index (χ1n) is 8.15. The maximum absolute atomic E-state index is 12.2. The third kappa shape index (κ3) is 5.61. The molecule has 144 valence electrons. The van der Waals surface area contributed by atoms with Crippen molar-refractivity contribution in [3.05, 3.63) is 69.6 Å². The molecule has 0 atom stereocenters. The first kappa shape index (κ1) is 20.9. The molecule has 0 aliphatic heterocycles. The first-order valence-corrected chi connectivity index (χ1v) is 10.7. The van der Waals surface area contributed by atoms with Gasteiger partial charge in [0.15, 0.2) is 5.82 Å². The van der Waals surface area contributed by atoms with Crippen LogP contribution in [0.2, 0.25) is 10.0 Å². The highest BCUT2D eigenvalue weighted by Gasteiger charge is 2.13. The Labute approximate surface area is 185 Å². The normalized spacial score (nSPS) is 10.7. The molecule has 5 nitrogen and oxygen atoms in total. The van der Waals surface area contributed by atoms with Crippen molar-refractivity contribution in [3.8, 4) is 11.4 Å². The molecule has 0 spiro atoms. The van der Waals surface area contributed by atoms with Gasteiger partial charge in [-0.3, -0.25) is 4.79 Å². The van der Waals surface area contributed by atoms with Gasteiger partial charge < -0.3 is 5.32 Å². The Kier molecular flexibility index (Phi) is 7.18. The number of amides is 1. The minimum absolute atomic E-state index is 0.155. The molecule has 0 saturated carbocycles. The number of halogens is 3. The van der Waals surface area contributed by atoms with E-state index in [-0.39, 0.29) is 11.7 Å². The third-order valence-corrected chi connectivity index (χ3v) is 5.34. The molecule has 9 heteroatoms. The molecule has 3 rings (SSSR count). The van der Waals surface area contributed by atoms with Gasteiger partial charge in [-0.15, -0.1) is 11.7 Å². The molecule has 0 fully saturated rings. The number of nitrogens with one attached hydrogen (secondary N) is 1. The lowest BCUT2D eigenvalue weighted by molar-refractivity contribution is -0.113. The Morgan fingerprint density at radius 2 is 1.89 bits per heavy atom. The highest BCUT2D eigenvalue weighted by Crippen LogP contribution is 2.25. The molecule has 28 heavy (non-hydrogen) atoms. The summed E-state index contributed by atoms with van der Waals surface area (Å²) in [5.41, 5.74) is 1.48. The predicted octanol–water partition coefficient (Wildman–Crippen LogP) is 5.93. The molecule has 2 aromatic carbocycles. The Morgan fingerprint density at radius 1 is 1.21 bits per heavy atom. The molecule has 1 N–H and O–H groups in total. The minimum Gasteiger partial charge on any atom is -0.325 e. The lowest BCUT2D eigenvalue weighted by Gasteiger charge is -2.05. The summed E-state index contributed by atoms with van der Waals surface area (Å²) < 4.78 is 2.74. The lowest BCUT2D eigenvalue weighted by atomic mass is 10.2. The number of allylic oxidation sites excluding steroid dienone is 1. The van der Waals surface area contributed by atoms with Crippen molar-refractivity contribution in [2.45, 2.75) is 11.7 Å². The van der Waals surface area contributed by atoms with Gasteiger partial charge in [-0.2, -0.15) is 0 Å². The Bertz CT molecular complexity index is 987. The molecule has 1 heterocycles. The van der Waals surface area contributed by atoms with Crippen LogP contribution in [-0.2, 0) is 11.3 Å². The number of hydrogen-bond donors (Lipinski definition) is 1. The topological polar surface area (TPSA) is 59.8 Å². The second kappa shape index (κ2) is 9.60. The fourth-order valence-corrected chi connectivity index (χ4v) is 3.83. The summed E-state index contributed by atoms with van der Waals surface area (Å²) in [6.07, 6.45) is 1.75. The van der Waals surface area contributed by atoms with E-state index in [1.807, 2.05) is 24.3 Å². The van der Waals surface area contributed by atoms with Gasteiger partial charge in [-0.1, -0.05) is 69.1 Å². The average molecular weight is 498 g/mol. The summed E-state index contributed by atoms with van der Waals surface area (Å²) in [6.45, 7) is 4.28. The number of hydrogen-bond acceptors (Lipinski definition) is 4. The summed E-state index contributed by atoms with van der Waals surface area (Å²) in [7, 11) is 0. The van der Waals surface area contributed by atoms with E-state index in [0.29, 0.717) is 27.4 Å². The van der Waals surface area contributed by atoms with Crippen LogP contribution in [-0.4, -0.2) is 26.4 Å². The predicted molar refractivity (Wildman–Crippen MR) is 119 cm³/mol. The van der Waals surface area contributed by atoms with Crippen molar-refractivity contribution >= 4 is 62.5 Å². The molecule has 0 radical (unpaired) electrons. The highest BCUT2D eigenvalue weighted by atomic mass is 79.9. The van der Waals surface area contributed by atoms with Gasteiger partial charge in [0.1, 0.15) is 0 Å². The van der Waals surface area contributed by atoms with Gasteiger partial charge in [0.05, 0.1) is 12.3 Å². The summed E-state index contributed by atoms with van der Waals surface area (Å²) in [6, 6.07) is 12.7. The molecule has 3 aromatic rings. The van der Waals surface area contributed by atoms with Crippen molar-refractivity contribution < 1.29 is 4.79 Å². The molecule has 1 aromatic heterocycles.